The molecule has 0 unspecified atom stereocenters. The number of hydrogen-bond donors (Lipinski definition) is 1. The van der Waals surface area contributed by atoms with Gasteiger partial charge in [0.25, 0.3) is 0 Å². The van der Waals surface area contributed by atoms with Crippen LogP contribution in [0.5, 0.6) is 5.88 Å². The van der Waals surface area contributed by atoms with Crippen LogP contribution in [0.3, 0.4) is 0 Å². The van der Waals surface area contributed by atoms with Gasteiger partial charge in [0.15, 0.2) is 0 Å². The van der Waals surface area contributed by atoms with E-state index in [0.717, 1.165) is 16.8 Å². The molecule has 0 radical (unpaired) electrons. The van der Waals surface area contributed by atoms with Crippen molar-refractivity contribution >= 4 is 5.69 Å². The van der Waals surface area contributed by atoms with Gasteiger partial charge in [0.05, 0.1) is 7.11 Å². The van der Waals surface area contributed by atoms with Crippen LogP contribution < -0.4 is 10.1 Å². The van der Waals surface area contributed by atoms with Crippen molar-refractivity contribution in [3.63, 3.8) is 0 Å². The molecule has 17 heavy (non-hydrogen) atoms. The Morgan fingerprint density at radius 3 is 2.94 bits per heavy atom. The second-order valence-corrected chi connectivity index (χ2v) is 3.72. The van der Waals surface area contributed by atoms with E-state index in [9.17, 15) is 0 Å². The summed E-state index contributed by atoms with van der Waals surface area (Å²) in [5.41, 5.74) is 3.23. The summed E-state index contributed by atoms with van der Waals surface area (Å²) in [6.45, 7) is 2.71. The molecular weight excluding hydrogens is 214 g/mol. The van der Waals surface area contributed by atoms with Crippen LogP contribution in [0.25, 0.3) is 0 Å². The van der Waals surface area contributed by atoms with E-state index in [1.807, 2.05) is 31.3 Å². The van der Waals surface area contributed by atoms with Gasteiger partial charge < -0.3 is 10.1 Å². The lowest BCUT2D eigenvalue weighted by Gasteiger charge is -2.10. The van der Waals surface area contributed by atoms with E-state index < -0.39 is 0 Å². The first kappa shape index (κ1) is 11.4. The van der Waals surface area contributed by atoms with Crippen LogP contribution in [0, 0.1) is 6.92 Å². The minimum atomic E-state index is 0.659. The molecule has 1 N–H and O–H groups in total. The topological polar surface area (TPSA) is 47.0 Å². The van der Waals surface area contributed by atoms with E-state index in [4.69, 9.17) is 4.74 Å². The molecule has 0 amide bonds. The summed E-state index contributed by atoms with van der Waals surface area (Å²) >= 11 is 0. The third-order valence-corrected chi connectivity index (χ3v) is 2.53. The highest BCUT2D eigenvalue weighted by molar-refractivity contribution is 5.49. The van der Waals surface area contributed by atoms with Crippen molar-refractivity contribution in [2.75, 3.05) is 12.4 Å². The lowest BCUT2D eigenvalue weighted by Crippen LogP contribution is -2.03. The minimum Gasteiger partial charge on any atom is -0.481 e. The zero-order valence-electron chi connectivity index (χ0n) is 9.97. The van der Waals surface area contributed by atoms with E-state index in [0.29, 0.717) is 12.4 Å². The maximum Gasteiger partial charge on any atom is 0.218 e. The molecule has 2 rings (SSSR count). The van der Waals surface area contributed by atoms with E-state index in [-0.39, 0.29) is 0 Å². The van der Waals surface area contributed by atoms with Crippen LogP contribution in [0.4, 0.5) is 5.69 Å². The standard InChI is InChI=1S/C13H15N3O/c1-10-8-14-7-5-12(10)16-9-11-4-3-6-15-13(11)17-2/h3-8H,9H2,1-2H3,(H,14,16). The molecule has 0 fully saturated rings. The van der Waals surface area contributed by atoms with Gasteiger partial charge in [0.1, 0.15) is 0 Å². The number of nitrogens with zero attached hydrogens (tertiary/aromatic N) is 2. The summed E-state index contributed by atoms with van der Waals surface area (Å²) in [5.74, 6) is 0.659. The molecule has 0 spiro atoms. The number of aryl methyl sites for hydroxylation is 1. The number of nitrogens with one attached hydrogen (secondary N) is 1. The molecule has 4 nitrogen and oxygen atoms in total. The second-order valence-electron chi connectivity index (χ2n) is 3.72. The fourth-order valence-corrected chi connectivity index (χ4v) is 1.60. The zero-order valence-corrected chi connectivity index (χ0v) is 9.97. The molecule has 0 aliphatic rings. The smallest absolute Gasteiger partial charge is 0.218 e. The maximum atomic E-state index is 5.20. The van der Waals surface area contributed by atoms with Gasteiger partial charge in [-0.3, -0.25) is 4.98 Å². The number of anilines is 1. The van der Waals surface area contributed by atoms with E-state index in [1.54, 1.807) is 19.5 Å². The fraction of sp³-hybridized carbons (Fsp3) is 0.231. The molecule has 0 bridgehead atoms. The van der Waals surface area contributed by atoms with Gasteiger partial charge in [0, 0.05) is 36.4 Å². The van der Waals surface area contributed by atoms with Crippen molar-refractivity contribution in [3.05, 3.63) is 47.9 Å². The Morgan fingerprint density at radius 2 is 2.18 bits per heavy atom. The molecule has 88 valence electrons. The Bertz CT molecular complexity index is 500. The molecule has 0 saturated carbocycles. The number of rotatable bonds is 4. The molecule has 4 heteroatoms. The highest BCUT2D eigenvalue weighted by Gasteiger charge is 2.03. The van der Waals surface area contributed by atoms with Crippen molar-refractivity contribution in [2.24, 2.45) is 0 Å². The SMILES string of the molecule is COc1ncccc1CNc1ccncc1C. The summed E-state index contributed by atoms with van der Waals surface area (Å²) < 4.78 is 5.20. The van der Waals surface area contributed by atoms with Crippen LogP contribution >= 0.6 is 0 Å². The van der Waals surface area contributed by atoms with Crippen molar-refractivity contribution < 1.29 is 4.74 Å². The first-order valence-electron chi connectivity index (χ1n) is 5.43. The summed E-state index contributed by atoms with van der Waals surface area (Å²) in [4.78, 5) is 8.21. The quantitative estimate of drug-likeness (QED) is 0.874. The van der Waals surface area contributed by atoms with Crippen LogP contribution in [0.1, 0.15) is 11.1 Å². The van der Waals surface area contributed by atoms with E-state index in [2.05, 4.69) is 15.3 Å². The molecule has 0 atom stereocenters. The Kier molecular flexibility index (Phi) is 3.55. The van der Waals surface area contributed by atoms with Gasteiger partial charge in [-0.2, -0.15) is 0 Å². The first-order chi connectivity index (χ1) is 8.31. The van der Waals surface area contributed by atoms with Crippen LogP contribution in [0.2, 0.25) is 0 Å². The summed E-state index contributed by atoms with van der Waals surface area (Å²) in [6, 6.07) is 5.85. The zero-order chi connectivity index (χ0) is 12.1. The Morgan fingerprint density at radius 1 is 1.29 bits per heavy atom. The van der Waals surface area contributed by atoms with E-state index >= 15 is 0 Å². The molecule has 2 aromatic heterocycles. The highest BCUT2D eigenvalue weighted by atomic mass is 16.5. The van der Waals surface area contributed by atoms with Crippen molar-refractivity contribution in [1.82, 2.24) is 9.97 Å². The van der Waals surface area contributed by atoms with Gasteiger partial charge in [-0.1, -0.05) is 6.07 Å². The average molecular weight is 229 g/mol. The predicted octanol–water partition coefficient (Wildman–Crippen LogP) is 2.41. The monoisotopic (exact) mass is 229 g/mol. The Hall–Kier alpha value is -2.10. The Labute approximate surface area is 101 Å². The molecular formula is C13H15N3O. The van der Waals surface area contributed by atoms with Crippen molar-refractivity contribution in [1.29, 1.82) is 0 Å². The van der Waals surface area contributed by atoms with Gasteiger partial charge in [-0.25, -0.2) is 4.98 Å². The lowest BCUT2D eigenvalue weighted by atomic mass is 10.2. The summed E-state index contributed by atoms with van der Waals surface area (Å²) in [5, 5.41) is 3.34. The number of pyridine rings is 2. The molecule has 2 heterocycles. The number of methoxy groups -OCH3 is 1. The largest absolute Gasteiger partial charge is 0.481 e. The first-order valence-corrected chi connectivity index (χ1v) is 5.43. The molecule has 2 aromatic rings. The van der Waals surface area contributed by atoms with Crippen LogP contribution in [-0.2, 0) is 6.54 Å². The predicted molar refractivity (Wildman–Crippen MR) is 67.1 cm³/mol. The normalized spacial score (nSPS) is 10.0. The third kappa shape index (κ3) is 2.72. The van der Waals surface area contributed by atoms with Gasteiger partial charge >= 0.3 is 0 Å². The summed E-state index contributed by atoms with van der Waals surface area (Å²) in [7, 11) is 1.63. The average Bonchev–Trinajstić information content (AvgIpc) is 2.38. The number of ether oxygens (including phenoxy) is 1. The van der Waals surface area contributed by atoms with Gasteiger partial charge in [-0.15, -0.1) is 0 Å². The minimum absolute atomic E-state index is 0.659. The van der Waals surface area contributed by atoms with Gasteiger partial charge in [0.2, 0.25) is 5.88 Å². The fourth-order valence-electron chi connectivity index (χ4n) is 1.60. The molecule has 0 saturated heterocycles. The van der Waals surface area contributed by atoms with Gasteiger partial charge in [-0.05, 0) is 24.6 Å². The Balaban J connectivity index is 2.10. The van der Waals surface area contributed by atoms with Crippen molar-refractivity contribution in [2.45, 2.75) is 13.5 Å². The lowest BCUT2D eigenvalue weighted by molar-refractivity contribution is 0.393. The molecule has 0 aromatic carbocycles. The highest BCUT2D eigenvalue weighted by Crippen LogP contribution is 2.17. The third-order valence-electron chi connectivity index (χ3n) is 2.53. The summed E-state index contributed by atoms with van der Waals surface area (Å²) in [6.07, 6.45) is 5.33. The van der Waals surface area contributed by atoms with Crippen molar-refractivity contribution in [3.8, 4) is 5.88 Å². The van der Waals surface area contributed by atoms with E-state index in [1.165, 1.54) is 0 Å². The number of hydrogen-bond acceptors (Lipinski definition) is 4. The second kappa shape index (κ2) is 5.30. The van der Waals surface area contributed by atoms with Crippen LogP contribution in [-0.4, -0.2) is 17.1 Å². The van der Waals surface area contributed by atoms with Crippen LogP contribution in [0.15, 0.2) is 36.8 Å². The number of aromatic nitrogens is 2. The molecule has 0 aliphatic heterocycles. The molecule has 0 aliphatic carbocycles. The maximum absolute atomic E-state index is 5.20.